The summed E-state index contributed by atoms with van der Waals surface area (Å²) in [7, 11) is 0. The molecule has 1 aliphatic rings. The average molecular weight is 273 g/mol. The third kappa shape index (κ3) is 2.02. The number of aryl methyl sites for hydroxylation is 2. The van der Waals surface area contributed by atoms with Crippen LogP contribution in [-0.2, 0) is 4.79 Å². The van der Waals surface area contributed by atoms with Crippen molar-refractivity contribution in [3.05, 3.63) is 34.7 Å². The lowest BCUT2D eigenvalue weighted by atomic mass is 10.1. The van der Waals surface area contributed by atoms with E-state index in [1.807, 2.05) is 18.2 Å². The first-order valence-electron chi connectivity index (χ1n) is 6.24. The second-order valence-corrected chi connectivity index (χ2v) is 6.04. The van der Waals surface area contributed by atoms with E-state index in [9.17, 15) is 4.79 Å². The van der Waals surface area contributed by atoms with Crippen molar-refractivity contribution in [3.63, 3.8) is 0 Å². The van der Waals surface area contributed by atoms with E-state index in [2.05, 4.69) is 25.2 Å². The van der Waals surface area contributed by atoms with Gasteiger partial charge in [0.2, 0.25) is 0 Å². The Labute approximate surface area is 116 Å². The molecule has 1 N–H and O–H groups in total. The predicted octanol–water partition coefficient (Wildman–Crippen LogP) is 3.75. The van der Waals surface area contributed by atoms with Gasteiger partial charge in [0.05, 0.1) is 5.69 Å². The summed E-state index contributed by atoms with van der Waals surface area (Å²) in [5, 5.41) is 2.88. The molecule has 2 aromatic rings. The van der Waals surface area contributed by atoms with Crippen LogP contribution < -0.4 is 10.1 Å². The first-order chi connectivity index (χ1) is 9.06. The number of hydrogen-bond donors (Lipinski definition) is 1. The van der Waals surface area contributed by atoms with Crippen molar-refractivity contribution >= 4 is 22.9 Å². The Kier molecular flexibility index (Phi) is 2.82. The van der Waals surface area contributed by atoms with Crippen molar-refractivity contribution in [2.75, 3.05) is 5.32 Å². The first kappa shape index (κ1) is 12.2. The third-order valence-corrected chi connectivity index (χ3v) is 4.55. The summed E-state index contributed by atoms with van der Waals surface area (Å²) in [6.07, 6.45) is -0.448. The van der Waals surface area contributed by atoms with Gasteiger partial charge in [-0.3, -0.25) is 4.79 Å². The van der Waals surface area contributed by atoms with Gasteiger partial charge in [0.25, 0.3) is 5.91 Å². The van der Waals surface area contributed by atoms with Gasteiger partial charge in [-0.15, -0.1) is 11.3 Å². The number of rotatable bonds is 1. The molecule has 1 aliphatic heterocycles. The van der Waals surface area contributed by atoms with E-state index in [-0.39, 0.29) is 5.91 Å². The normalized spacial score (nSPS) is 17.6. The first-order valence-corrected chi connectivity index (χ1v) is 7.06. The Bertz CT molecular complexity index is 641. The maximum Gasteiger partial charge on any atom is 0.265 e. The van der Waals surface area contributed by atoms with E-state index in [0.717, 1.165) is 17.0 Å². The summed E-state index contributed by atoms with van der Waals surface area (Å²) < 4.78 is 5.77. The minimum absolute atomic E-state index is 0.0943. The zero-order chi connectivity index (χ0) is 13.6. The highest BCUT2D eigenvalue weighted by Crippen LogP contribution is 2.42. The van der Waals surface area contributed by atoms with Crippen molar-refractivity contribution < 1.29 is 9.53 Å². The molecule has 0 bridgehead atoms. The van der Waals surface area contributed by atoms with Gasteiger partial charge in [0.1, 0.15) is 0 Å². The Balaban J connectivity index is 2.13. The molecule has 0 radical (unpaired) electrons. The molecule has 2 heterocycles. The van der Waals surface area contributed by atoms with E-state index < -0.39 is 6.10 Å². The van der Waals surface area contributed by atoms with Crippen LogP contribution in [0.3, 0.4) is 0 Å². The maximum atomic E-state index is 11.6. The molecule has 1 aromatic heterocycles. The van der Waals surface area contributed by atoms with Gasteiger partial charge in [-0.1, -0.05) is 6.07 Å². The summed E-state index contributed by atoms with van der Waals surface area (Å²) in [4.78, 5) is 14.1. The topological polar surface area (TPSA) is 38.3 Å². The van der Waals surface area contributed by atoms with Crippen molar-refractivity contribution in [2.45, 2.75) is 26.9 Å². The lowest BCUT2D eigenvalue weighted by molar-refractivity contribution is -0.122. The number of carbonyl (C=O) groups is 1. The van der Waals surface area contributed by atoms with Gasteiger partial charge in [0, 0.05) is 15.3 Å². The number of para-hydroxylation sites is 1. The van der Waals surface area contributed by atoms with Gasteiger partial charge in [-0.2, -0.15) is 0 Å². The van der Waals surface area contributed by atoms with Crippen LogP contribution in [0.25, 0.3) is 10.4 Å². The zero-order valence-corrected chi connectivity index (χ0v) is 11.9. The molecule has 4 heteroatoms. The van der Waals surface area contributed by atoms with E-state index in [1.54, 1.807) is 18.3 Å². The number of benzene rings is 1. The second kappa shape index (κ2) is 4.38. The van der Waals surface area contributed by atoms with Crippen LogP contribution in [-0.4, -0.2) is 12.0 Å². The Morgan fingerprint density at radius 1 is 1.32 bits per heavy atom. The van der Waals surface area contributed by atoms with Crippen LogP contribution in [0.15, 0.2) is 24.3 Å². The van der Waals surface area contributed by atoms with Gasteiger partial charge in [-0.05, 0) is 44.5 Å². The fraction of sp³-hybridized carbons (Fsp3) is 0.267. The van der Waals surface area contributed by atoms with Crippen LogP contribution in [0.5, 0.6) is 5.75 Å². The second-order valence-electron chi connectivity index (χ2n) is 4.78. The molecular formula is C15H15NO2S. The van der Waals surface area contributed by atoms with Crippen molar-refractivity contribution in [3.8, 4) is 16.2 Å². The molecule has 0 saturated carbocycles. The van der Waals surface area contributed by atoms with Crippen molar-refractivity contribution in [2.24, 2.45) is 0 Å². The summed E-state index contributed by atoms with van der Waals surface area (Å²) in [6.45, 7) is 5.99. The molecule has 3 rings (SSSR count). The predicted molar refractivity (Wildman–Crippen MR) is 77.9 cm³/mol. The molecule has 0 aliphatic carbocycles. The highest BCUT2D eigenvalue weighted by Gasteiger charge is 2.26. The number of anilines is 1. The number of hydrogen-bond acceptors (Lipinski definition) is 3. The van der Waals surface area contributed by atoms with E-state index in [4.69, 9.17) is 4.74 Å². The molecule has 0 fully saturated rings. The van der Waals surface area contributed by atoms with Gasteiger partial charge in [0.15, 0.2) is 11.9 Å². The number of fused-ring (bicyclic) bond motifs is 1. The Hall–Kier alpha value is -1.81. The highest BCUT2D eigenvalue weighted by molar-refractivity contribution is 7.15. The van der Waals surface area contributed by atoms with E-state index in [0.29, 0.717) is 0 Å². The van der Waals surface area contributed by atoms with Crippen LogP contribution in [0, 0.1) is 13.8 Å². The lowest BCUT2D eigenvalue weighted by Gasteiger charge is -2.25. The fourth-order valence-electron chi connectivity index (χ4n) is 2.13. The number of amides is 1. The van der Waals surface area contributed by atoms with Crippen molar-refractivity contribution in [1.29, 1.82) is 0 Å². The zero-order valence-electron chi connectivity index (χ0n) is 11.1. The molecule has 0 saturated heterocycles. The minimum Gasteiger partial charge on any atom is -0.478 e. The number of thiophene rings is 1. The molecule has 98 valence electrons. The molecule has 1 aromatic carbocycles. The Morgan fingerprint density at radius 2 is 2.11 bits per heavy atom. The minimum atomic E-state index is -0.448. The smallest absolute Gasteiger partial charge is 0.265 e. The fourth-order valence-corrected chi connectivity index (χ4v) is 3.18. The summed E-state index contributed by atoms with van der Waals surface area (Å²) in [5.74, 6) is 0.680. The van der Waals surface area contributed by atoms with Crippen LogP contribution in [0.1, 0.15) is 17.4 Å². The van der Waals surface area contributed by atoms with Crippen LogP contribution in [0.4, 0.5) is 5.69 Å². The number of nitrogens with one attached hydrogen (secondary N) is 1. The van der Waals surface area contributed by atoms with Crippen molar-refractivity contribution in [1.82, 2.24) is 0 Å². The maximum absolute atomic E-state index is 11.6. The Morgan fingerprint density at radius 3 is 2.79 bits per heavy atom. The number of ether oxygens (including phenoxy) is 1. The average Bonchev–Trinajstić information content (AvgIpc) is 2.70. The largest absolute Gasteiger partial charge is 0.478 e. The van der Waals surface area contributed by atoms with Crippen LogP contribution >= 0.6 is 11.3 Å². The van der Waals surface area contributed by atoms with E-state index in [1.165, 1.54) is 15.3 Å². The molecule has 1 atom stereocenters. The van der Waals surface area contributed by atoms with Crippen LogP contribution in [0.2, 0.25) is 0 Å². The van der Waals surface area contributed by atoms with E-state index >= 15 is 0 Å². The van der Waals surface area contributed by atoms with Gasteiger partial charge in [-0.25, -0.2) is 0 Å². The highest BCUT2D eigenvalue weighted by atomic mass is 32.1. The molecule has 0 spiro atoms. The third-order valence-electron chi connectivity index (χ3n) is 3.37. The molecule has 19 heavy (non-hydrogen) atoms. The van der Waals surface area contributed by atoms with Gasteiger partial charge < -0.3 is 10.1 Å². The molecule has 3 nitrogen and oxygen atoms in total. The number of carbonyl (C=O) groups excluding carboxylic acids is 1. The summed E-state index contributed by atoms with van der Waals surface area (Å²) in [6, 6.07) is 8.02. The standard InChI is InChI=1S/C15H15NO2S/c1-8-7-13(19-10(8)3)11-5-4-6-12-14(11)18-9(2)15(17)16-12/h4-7,9H,1-3H3,(H,16,17). The molecule has 1 unspecified atom stereocenters. The van der Waals surface area contributed by atoms with Gasteiger partial charge >= 0.3 is 0 Å². The lowest BCUT2D eigenvalue weighted by Crippen LogP contribution is -2.34. The SMILES string of the molecule is Cc1cc(-c2cccc3c2OC(C)C(=O)N3)sc1C. The molecule has 1 amide bonds. The summed E-state index contributed by atoms with van der Waals surface area (Å²) in [5.41, 5.74) is 3.08. The summed E-state index contributed by atoms with van der Waals surface area (Å²) >= 11 is 1.75. The monoisotopic (exact) mass is 273 g/mol. The quantitative estimate of drug-likeness (QED) is 0.859. The molecular weight excluding hydrogens is 258 g/mol.